The van der Waals surface area contributed by atoms with Crippen LogP contribution in [0.1, 0.15) is 10.4 Å². The molecule has 0 aliphatic rings. The molecule has 0 radical (unpaired) electrons. The van der Waals surface area contributed by atoms with Crippen LogP contribution in [-0.4, -0.2) is 10.9 Å². The molecule has 17 heavy (non-hydrogen) atoms. The fourth-order valence-corrected chi connectivity index (χ4v) is 1.74. The first-order chi connectivity index (χ1) is 8.15. The Morgan fingerprint density at radius 1 is 1.18 bits per heavy atom. The van der Waals surface area contributed by atoms with Crippen LogP contribution in [0.15, 0.2) is 47.1 Å². The van der Waals surface area contributed by atoms with E-state index < -0.39 is 0 Å². The van der Waals surface area contributed by atoms with Crippen LogP contribution >= 0.6 is 27.5 Å². The number of hydrogen-bond acceptors (Lipinski definition) is 2. The van der Waals surface area contributed by atoms with Gasteiger partial charge in [-0.3, -0.25) is 4.79 Å². The lowest BCUT2D eigenvalue weighted by Gasteiger charge is -2.04. The van der Waals surface area contributed by atoms with Crippen LogP contribution in [0.5, 0.6) is 0 Å². The maximum Gasteiger partial charge on any atom is 0.256 e. The summed E-state index contributed by atoms with van der Waals surface area (Å²) < 4.78 is 0.673. The van der Waals surface area contributed by atoms with Crippen molar-refractivity contribution in [3.8, 4) is 0 Å². The predicted octanol–water partition coefficient (Wildman–Crippen LogP) is 3.75. The number of carbonyl (C=O) groups excluding carboxylic acids is 1. The van der Waals surface area contributed by atoms with Crippen molar-refractivity contribution in [3.05, 3.63) is 57.7 Å². The molecule has 3 nitrogen and oxygen atoms in total. The van der Waals surface area contributed by atoms with E-state index in [0.717, 1.165) is 0 Å². The Labute approximate surface area is 112 Å². The summed E-state index contributed by atoms with van der Waals surface area (Å²) in [5.41, 5.74) is 0.538. The topological polar surface area (TPSA) is 42.0 Å². The van der Waals surface area contributed by atoms with Gasteiger partial charge in [0.25, 0.3) is 5.91 Å². The molecule has 1 aromatic carbocycles. The van der Waals surface area contributed by atoms with Crippen LogP contribution in [0.2, 0.25) is 5.02 Å². The quantitative estimate of drug-likeness (QED) is 0.858. The van der Waals surface area contributed by atoms with Gasteiger partial charge in [0.1, 0.15) is 10.4 Å². The van der Waals surface area contributed by atoms with E-state index in [9.17, 15) is 4.79 Å². The van der Waals surface area contributed by atoms with Gasteiger partial charge >= 0.3 is 0 Å². The molecule has 0 spiro atoms. The van der Waals surface area contributed by atoms with Gasteiger partial charge in [0, 0.05) is 10.6 Å². The summed E-state index contributed by atoms with van der Waals surface area (Å²) in [4.78, 5) is 15.9. The van der Waals surface area contributed by atoms with Crippen molar-refractivity contribution in [2.24, 2.45) is 0 Å². The van der Waals surface area contributed by atoms with Crippen molar-refractivity contribution in [2.75, 3.05) is 5.32 Å². The summed E-state index contributed by atoms with van der Waals surface area (Å²) in [5.74, 6) is 0.284. The highest BCUT2D eigenvalue weighted by Gasteiger charge is 2.06. The Kier molecular flexibility index (Phi) is 3.76. The fraction of sp³-hybridized carbons (Fsp3) is 0. The number of anilines is 1. The number of aromatic nitrogens is 1. The van der Waals surface area contributed by atoms with Gasteiger partial charge < -0.3 is 5.32 Å². The molecule has 5 heteroatoms. The number of nitrogens with one attached hydrogen (secondary N) is 1. The van der Waals surface area contributed by atoms with Gasteiger partial charge in [0.2, 0.25) is 0 Å². The maximum absolute atomic E-state index is 11.8. The lowest BCUT2D eigenvalue weighted by Crippen LogP contribution is -2.12. The van der Waals surface area contributed by atoms with Gasteiger partial charge in [-0.15, -0.1) is 0 Å². The third kappa shape index (κ3) is 3.28. The summed E-state index contributed by atoms with van der Waals surface area (Å²) in [6, 6.07) is 12.0. The summed E-state index contributed by atoms with van der Waals surface area (Å²) in [7, 11) is 0. The molecular weight excluding hydrogens is 304 g/mol. The summed E-state index contributed by atoms with van der Waals surface area (Å²) in [5, 5.41) is 3.29. The van der Waals surface area contributed by atoms with Gasteiger partial charge in [0.15, 0.2) is 0 Å². The third-order valence-electron chi connectivity index (χ3n) is 2.06. The van der Waals surface area contributed by atoms with E-state index in [2.05, 4.69) is 26.2 Å². The number of hydrogen-bond donors (Lipinski definition) is 1. The summed E-state index contributed by atoms with van der Waals surface area (Å²) in [6.45, 7) is 0. The molecule has 0 unspecified atom stereocenters. The van der Waals surface area contributed by atoms with Crippen molar-refractivity contribution in [3.63, 3.8) is 0 Å². The number of amides is 1. The van der Waals surface area contributed by atoms with Gasteiger partial charge in [-0.05, 0) is 52.3 Å². The minimum absolute atomic E-state index is 0.215. The largest absolute Gasteiger partial charge is 0.307 e. The smallest absolute Gasteiger partial charge is 0.256 e. The first-order valence-electron chi connectivity index (χ1n) is 4.84. The number of pyridine rings is 1. The maximum atomic E-state index is 11.8. The van der Waals surface area contributed by atoms with E-state index in [1.807, 2.05) is 0 Å². The van der Waals surface area contributed by atoms with Crippen molar-refractivity contribution < 1.29 is 4.79 Å². The third-order valence-corrected chi connectivity index (χ3v) is 2.76. The molecule has 0 saturated carbocycles. The van der Waals surface area contributed by atoms with E-state index >= 15 is 0 Å². The average Bonchev–Trinajstić information content (AvgIpc) is 2.29. The standard InChI is InChI=1S/C12H8BrClN2O/c13-10-2-1-3-11(15-10)16-12(17)8-4-6-9(14)7-5-8/h1-7H,(H,15,16,17). The minimum Gasteiger partial charge on any atom is -0.307 e. The van der Waals surface area contributed by atoms with E-state index in [0.29, 0.717) is 21.0 Å². The average molecular weight is 312 g/mol. The second kappa shape index (κ2) is 5.29. The molecule has 1 amide bonds. The van der Waals surface area contributed by atoms with Crippen molar-refractivity contribution >= 4 is 39.3 Å². The highest BCUT2D eigenvalue weighted by Crippen LogP contribution is 2.13. The van der Waals surface area contributed by atoms with E-state index in [-0.39, 0.29) is 5.91 Å². The van der Waals surface area contributed by atoms with E-state index in [1.165, 1.54) is 0 Å². The Morgan fingerprint density at radius 3 is 2.53 bits per heavy atom. The lowest BCUT2D eigenvalue weighted by molar-refractivity contribution is 0.102. The first kappa shape index (κ1) is 12.1. The zero-order valence-corrected chi connectivity index (χ0v) is 11.0. The van der Waals surface area contributed by atoms with Crippen LogP contribution in [-0.2, 0) is 0 Å². The molecule has 86 valence electrons. The van der Waals surface area contributed by atoms with Crippen LogP contribution in [0.4, 0.5) is 5.82 Å². The minimum atomic E-state index is -0.215. The molecule has 1 N–H and O–H groups in total. The Morgan fingerprint density at radius 2 is 1.88 bits per heavy atom. The Bertz CT molecular complexity index is 542. The van der Waals surface area contributed by atoms with Gasteiger partial charge in [-0.1, -0.05) is 17.7 Å². The molecule has 1 heterocycles. The highest BCUT2D eigenvalue weighted by atomic mass is 79.9. The molecule has 0 saturated heterocycles. The Balaban J connectivity index is 2.14. The SMILES string of the molecule is O=C(Nc1cccc(Br)n1)c1ccc(Cl)cc1. The van der Waals surface area contributed by atoms with Crippen molar-refractivity contribution in [1.82, 2.24) is 4.98 Å². The van der Waals surface area contributed by atoms with Crippen LogP contribution in [0, 0.1) is 0 Å². The zero-order valence-electron chi connectivity index (χ0n) is 8.65. The molecule has 0 aliphatic carbocycles. The van der Waals surface area contributed by atoms with Crippen molar-refractivity contribution in [1.29, 1.82) is 0 Å². The van der Waals surface area contributed by atoms with Crippen molar-refractivity contribution in [2.45, 2.75) is 0 Å². The van der Waals surface area contributed by atoms with Crippen LogP contribution in [0.3, 0.4) is 0 Å². The number of halogens is 2. The molecule has 1 aromatic heterocycles. The second-order valence-corrected chi connectivity index (χ2v) is 4.56. The Hall–Kier alpha value is -1.39. The molecular formula is C12H8BrClN2O. The first-order valence-corrected chi connectivity index (χ1v) is 6.02. The zero-order chi connectivity index (χ0) is 12.3. The van der Waals surface area contributed by atoms with E-state index in [4.69, 9.17) is 11.6 Å². The normalized spacial score (nSPS) is 10.0. The summed E-state index contributed by atoms with van der Waals surface area (Å²) >= 11 is 8.99. The number of rotatable bonds is 2. The summed E-state index contributed by atoms with van der Waals surface area (Å²) in [6.07, 6.45) is 0. The molecule has 0 atom stereocenters. The highest BCUT2D eigenvalue weighted by molar-refractivity contribution is 9.10. The predicted molar refractivity (Wildman–Crippen MR) is 71.3 cm³/mol. The van der Waals surface area contributed by atoms with Crippen LogP contribution in [0.25, 0.3) is 0 Å². The number of benzene rings is 1. The van der Waals surface area contributed by atoms with Gasteiger partial charge in [0.05, 0.1) is 0 Å². The van der Waals surface area contributed by atoms with Gasteiger partial charge in [-0.2, -0.15) is 0 Å². The fourth-order valence-electron chi connectivity index (χ4n) is 1.27. The van der Waals surface area contributed by atoms with E-state index in [1.54, 1.807) is 42.5 Å². The molecule has 0 aliphatic heterocycles. The lowest BCUT2D eigenvalue weighted by atomic mass is 10.2. The monoisotopic (exact) mass is 310 g/mol. The molecule has 2 rings (SSSR count). The van der Waals surface area contributed by atoms with Crippen LogP contribution < -0.4 is 5.32 Å². The molecule has 0 fully saturated rings. The number of carbonyl (C=O) groups is 1. The van der Waals surface area contributed by atoms with Gasteiger partial charge in [-0.25, -0.2) is 4.98 Å². The molecule has 2 aromatic rings. The second-order valence-electron chi connectivity index (χ2n) is 3.31. The molecule has 0 bridgehead atoms. The number of nitrogens with zero attached hydrogens (tertiary/aromatic N) is 1.